The van der Waals surface area contributed by atoms with E-state index in [0.717, 1.165) is 12.8 Å². The van der Waals surface area contributed by atoms with Crippen LogP contribution in [-0.2, 0) is 16.1 Å². The summed E-state index contributed by atoms with van der Waals surface area (Å²) in [5.74, 6) is -0.595. The fourth-order valence-corrected chi connectivity index (χ4v) is 2.78. The van der Waals surface area contributed by atoms with Crippen LogP contribution in [0.2, 0.25) is 0 Å². The highest BCUT2D eigenvalue weighted by molar-refractivity contribution is 6.05. The van der Waals surface area contributed by atoms with Gasteiger partial charge in [0.05, 0.1) is 18.2 Å². The van der Waals surface area contributed by atoms with Gasteiger partial charge in [0.2, 0.25) is 23.6 Å². The number of benzene rings is 1. The Morgan fingerprint density at radius 2 is 2.21 bits per heavy atom. The van der Waals surface area contributed by atoms with Crippen molar-refractivity contribution < 1.29 is 18.4 Å². The Kier molecular flexibility index (Phi) is 3.51. The predicted molar refractivity (Wildman–Crippen MR) is 80.5 cm³/mol. The van der Waals surface area contributed by atoms with Crippen LogP contribution < -0.4 is 10.6 Å². The first-order valence-electron chi connectivity index (χ1n) is 7.80. The lowest BCUT2D eigenvalue weighted by Crippen LogP contribution is -2.26. The van der Waals surface area contributed by atoms with Gasteiger partial charge in [-0.15, -0.1) is 10.2 Å². The van der Waals surface area contributed by atoms with Crippen LogP contribution in [0.15, 0.2) is 22.6 Å². The van der Waals surface area contributed by atoms with Crippen LogP contribution in [0.1, 0.15) is 48.4 Å². The molecule has 2 amide bonds. The third kappa shape index (κ3) is 2.75. The molecule has 8 heteroatoms. The van der Waals surface area contributed by atoms with Gasteiger partial charge in [0.1, 0.15) is 5.82 Å². The first kappa shape index (κ1) is 14.8. The molecule has 2 aromatic rings. The summed E-state index contributed by atoms with van der Waals surface area (Å²) >= 11 is 0. The molecule has 7 nitrogen and oxygen atoms in total. The molecule has 1 saturated carbocycles. The Labute approximate surface area is 136 Å². The Hall–Kier alpha value is -2.77. The molecule has 2 heterocycles. The average Bonchev–Trinajstić information content (AvgIpc) is 3.22. The number of anilines is 1. The first-order valence-corrected chi connectivity index (χ1v) is 7.80. The second-order valence-corrected chi connectivity index (χ2v) is 6.04. The van der Waals surface area contributed by atoms with Crippen molar-refractivity contribution in [2.24, 2.45) is 0 Å². The number of hydrogen-bond acceptors (Lipinski definition) is 5. The highest BCUT2D eigenvalue weighted by atomic mass is 19.1. The van der Waals surface area contributed by atoms with Crippen molar-refractivity contribution in [3.63, 3.8) is 0 Å². The van der Waals surface area contributed by atoms with Gasteiger partial charge in [0.25, 0.3) is 0 Å². The topological polar surface area (TPSA) is 97.1 Å². The number of carbonyl (C=O) groups is 2. The maximum atomic E-state index is 13.7. The maximum Gasteiger partial charge on any atom is 0.235 e. The van der Waals surface area contributed by atoms with Crippen LogP contribution in [0.3, 0.4) is 0 Å². The number of aromatic nitrogens is 2. The summed E-state index contributed by atoms with van der Waals surface area (Å²) in [4.78, 5) is 24.1. The highest BCUT2D eigenvalue weighted by Gasteiger charge is 2.34. The molecule has 124 valence electrons. The van der Waals surface area contributed by atoms with Crippen LogP contribution in [0.5, 0.6) is 0 Å². The number of nitrogens with one attached hydrogen (secondary N) is 2. The van der Waals surface area contributed by atoms with Gasteiger partial charge in [-0.05, 0) is 24.5 Å². The van der Waals surface area contributed by atoms with Gasteiger partial charge in [0.15, 0.2) is 0 Å². The van der Waals surface area contributed by atoms with E-state index < -0.39 is 11.7 Å². The molecule has 1 unspecified atom stereocenters. The first-order chi connectivity index (χ1) is 11.6. The van der Waals surface area contributed by atoms with Crippen molar-refractivity contribution in [3.8, 4) is 0 Å². The fraction of sp³-hybridized carbons (Fsp3) is 0.375. The largest absolute Gasteiger partial charge is 0.423 e. The molecule has 0 radical (unpaired) electrons. The van der Waals surface area contributed by atoms with Crippen molar-refractivity contribution in [1.29, 1.82) is 0 Å². The SMILES string of the molecule is O=C(CC1C(=O)Nc2c(F)cccc21)NCc1nnc(C2CC2)o1. The second-order valence-electron chi connectivity index (χ2n) is 6.04. The van der Waals surface area contributed by atoms with Gasteiger partial charge in [-0.3, -0.25) is 9.59 Å². The molecule has 24 heavy (non-hydrogen) atoms. The quantitative estimate of drug-likeness (QED) is 0.872. The number of para-hydroxylation sites is 1. The minimum absolute atomic E-state index is 0.0636. The summed E-state index contributed by atoms with van der Waals surface area (Å²) in [5.41, 5.74) is 0.662. The molecule has 1 aromatic carbocycles. The number of nitrogens with zero attached hydrogens (tertiary/aromatic N) is 2. The van der Waals surface area contributed by atoms with Crippen LogP contribution in [0.25, 0.3) is 0 Å². The highest BCUT2D eigenvalue weighted by Crippen LogP contribution is 2.39. The molecule has 1 aliphatic heterocycles. The summed E-state index contributed by atoms with van der Waals surface area (Å²) in [6, 6.07) is 4.44. The zero-order valence-electron chi connectivity index (χ0n) is 12.7. The minimum atomic E-state index is -0.694. The van der Waals surface area contributed by atoms with E-state index >= 15 is 0 Å². The number of hydrogen-bond donors (Lipinski definition) is 2. The second kappa shape index (κ2) is 5.70. The predicted octanol–water partition coefficient (Wildman–Crippen LogP) is 1.83. The Bertz CT molecular complexity index is 815. The van der Waals surface area contributed by atoms with Gasteiger partial charge in [-0.25, -0.2) is 4.39 Å². The summed E-state index contributed by atoms with van der Waals surface area (Å²) in [6.45, 7) is 0.114. The van der Waals surface area contributed by atoms with Gasteiger partial charge in [-0.1, -0.05) is 12.1 Å². The van der Waals surface area contributed by atoms with E-state index in [9.17, 15) is 14.0 Å². The van der Waals surface area contributed by atoms with Crippen molar-refractivity contribution in [3.05, 3.63) is 41.4 Å². The zero-order chi connectivity index (χ0) is 16.7. The molecule has 4 rings (SSSR count). The number of rotatable bonds is 5. The number of carbonyl (C=O) groups excluding carboxylic acids is 2. The van der Waals surface area contributed by atoms with Crippen LogP contribution in [0.4, 0.5) is 10.1 Å². The van der Waals surface area contributed by atoms with E-state index in [2.05, 4.69) is 20.8 Å². The zero-order valence-corrected chi connectivity index (χ0v) is 12.7. The number of fused-ring (bicyclic) bond motifs is 1. The smallest absolute Gasteiger partial charge is 0.235 e. The summed E-state index contributed by atoms with van der Waals surface area (Å²) in [6.07, 6.45) is 2.05. The average molecular weight is 330 g/mol. The molecular weight excluding hydrogens is 315 g/mol. The number of amides is 2. The standard InChI is InChI=1S/C16H15FN4O3/c17-11-3-1-2-9-10(15(23)19-14(9)11)6-12(22)18-7-13-20-21-16(24-13)8-4-5-8/h1-3,8,10H,4-7H2,(H,18,22)(H,19,23). The summed E-state index contributed by atoms with van der Waals surface area (Å²) in [7, 11) is 0. The molecule has 2 N–H and O–H groups in total. The molecule has 1 aromatic heterocycles. The molecule has 0 bridgehead atoms. The Morgan fingerprint density at radius 1 is 1.38 bits per heavy atom. The fourth-order valence-electron chi connectivity index (χ4n) is 2.78. The normalized spacial score (nSPS) is 19.0. The van der Waals surface area contributed by atoms with Crippen molar-refractivity contribution in [2.45, 2.75) is 37.6 Å². The van der Waals surface area contributed by atoms with E-state index in [-0.39, 0.29) is 30.5 Å². The molecule has 1 aliphatic carbocycles. The van der Waals surface area contributed by atoms with E-state index in [1.807, 2.05) is 0 Å². The molecular formula is C16H15FN4O3. The Balaban J connectivity index is 1.37. The molecule has 1 atom stereocenters. The van der Waals surface area contributed by atoms with Crippen LogP contribution in [-0.4, -0.2) is 22.0 Å². The maximum absolute atomic E-state index is 13.7. The summed E-state index contributed by atoms with van der Waals surface area (Å²) < 4.78 is 19.1. The molecule has 1 fully saturated rings. The number of halogens is 1. The van der Waals surface area contributed by atoms with Crippen molar-refractivity contribution in [1.82, 2.24) is 15.5 Å². The van der Waals surface area contributed by atoms with Gasteiger partial charge >= 0.3 is 0 Å². The molecule has 0 spiro atoms. The van der Waals surface area contributed by atoms with Gasteiger partial charge in [-0.2, -0.15) is 0 Å². The lowest BCUT2D eigenvalue weighted by molar-refractivity contribution is -0.125. The minimum Gasteiger partial charge on any atom is -0.423 e. The van der Waals surface area contributed by atoms with Crippen LogP contribution in [0, 0.1) is 5.82 Å². The third-order valence-electron chi connectivity index (χ3n) is 4.22. The lowest BCUT2D eigenvalue weighted by atomic mass is 9.97. The monoisotopic (exact) mass is 330 g/mol. The third-order valence-corrected chi connectivity index (χ3v) is 4.22. The van der Waals surface area contributed by atoms with Gasteiger partial charge < -0.3 is 15.1 Å². The summed E-state index contributed by atoms with van der Waals surface area (Å²) in [5, 5.41) is 13.0. The van der Waals surface area contributed by atoms with E-state index in [1.54, 1.807) is 6.07 Å². The van der Waals surface area contributed by atoms with E-state index in [0.29, 0.717) is 23.3 Å². The van der Waals surface area contributed by atoms with Crippen LogP contribution >= 0.6 is 0 Å². The lowest BCUT2D eigenvalue weighted by Gasteiger charge is -2.08. The van der Waals surface area contributed by atoms with Gasteiger partial charge in [0, 0.05) is 12.3 Å². The van der Waals surface area contributed by atoms with Crippen molar-refractivity contribution in [2.75, 3.05) is 5.32 Å². The van der Waals surface area contributed by atoms with E-state index in [4.69, 9.17) is 4.42 Å². The van der Waals surface area contributed by atoms with E-state index in [1.165, 1.54) is 12.1 Å². The molecule has 0 saturated heterocycles. The Morgan fingerprint density at radius 3 is 3.00 bits per heavy atom. The van der Waals surface area contributed by atoms with Crippen molar-refractivity contribution >= 4 is 17.5 Å². The molecule has 2 aliphatic rings.